The van der Waals surface area contributed by atoms with Gasteiger partial charge in [-0.2, -0.15) is 0 Å². The van der Waals surface area contributed by atoms with E-state index in [4.69, 9.17) is 0 Å². The SMILES string of the molecule is CC(=O)c1cc([N+](=O)[O-])c(N(C)C2CCCC2)s1. The maximum atomic E-state index is 11.3. The van der Waals surface area contributed by atoms with Gasteiger partial charge >= 0.3 is 5.69 Å². The van der Waals surface area contributed by atoms with Crippen LogP contribution in [0.5, 0.6) is 0 Å². The quantitative estimate of drug-likeness (QED) is 0.478. The summed E-state index contributed by atoms with van der Waals surface area (Å²) in [4.78, 5) is 24.4. The highest BCUT2D eigenvalue weighted by Gasteiger charge is 2.28. The van der Waals surface area contributed by atoms with Gasteiger partial charge in [-0.15, -0.1) is 11.3 Å². The Morgan fingerprint density at radius 2 is 2.11 bits per heavy atom. The van der Waals surface area contributed by atoms with Crippen LogP contribution in [0.3, 0.4) is 0 Å². The van der Waals surface area contributed by atoms with E-state index in [0.29, 0.717) is 15.9 Å². The van der Waals surface area contributed by atoms with E-state index in [9.17, 15) is 14.9 Å². The standard InChI is InChI=1S/C12H16N2O3S/c1-8(15)11-7-10(14(16)17)12(18-11)13(2)9-5-3-4-6-9/h7,9H,3-6H2,1-2H3. The van der Waals surface area contributed by atoms with Crippen molar-refractivity contribution < 1.29 is 9.72 Å². The van der Waals surface area contributed by atoms with Crippen LogP contribution in [0.2, 0.25) is 0 Å². The zero-order valence-corrected chi connectivity index (χ0v) is 11.3. The van der Waals surface area contributed by atoms with Gasteiger partial charge in [0.15, 0.2) is 10.8 Å². The summed E-state index contributed by atoms with van der Waals surface area (Å²) in [5, 5.41) is 11.7. The van der Waals surface area contributed by atoms with E-state index in [0.717, 1.165) is 12.8 Å². The van der Waals surface area contributed by atoms with Crippen LogP contribution in [-0.2, 0) is 0 Å². The van der Waals surface area contributed by atoms with E-state index in [1.54, 1.807) is 0 Å². The Morgan fingerprint density at radius 3 is 2.61 bits per heavy atom. The topological polar surface area (TPSA) is 63.4 Å². The van der Waals surface area contributed by atoms with Crippen LogP contribution in [0.15, 0.2) is 6.07 Å². The normalized spacial score (nSPS) is 15.9. The molecule has 0 radical (unpaired) electrons. The van der Waals surface area contributed by atoms with Crippen LogP contribution in [0.1, 0.15) is 42.3 Å². The molecule has 1 aromatic heterocycles. The molecule has 1 aliphatic carbocycles. The molecule has 6 heteroatoms. The average Bonchev–Trinajstić information content (AvgIpc) is 2.97. The molecule has 1 aliphatic rings. The minimum atomic E-state index is -0.399. The Bertz CT molecular complexity index is 478. The zero-order valence-electron chi connectivity index (χ0n) is 10.5. The Kier molecular flexibility index (Phi) is 3.65. The van der Waals surface area contributed by atoms with Crippen molar-refractivity contribution in [1.82, 2.24) is 0 Å². The number of hydrogen-bond acceptors (Lipinski definition) is 5. The number of thiophene rings is 1. The molecule has 1 fully saturated rings. The third kappa shape index (κ3) is 2.38. The number of nitro groups is 1. The highest BCUT2D eigenvalue weighted by molar-refractivity contribution is 7.18. The molecule has 18 heavy (non-hydrogen) atoms. The fourth-order valence-corrected chi connectivity index (χ4v) is 3.44. The molecular weight excluding hydrogens is 252 g/mol. The van der Waals surface area contributed by atoms with Crippen molar-refractivity contribution in [2.24, 2.45) is 0 Å². The van der Waals surface area contributed by atoms with Crippen LogP contribution < -0.4 is 4.90 Å². The zero-order chi connectivity index (χ0) is 13.3. The van der Waals surface area contributed by atoms with Crippen LogP contribution >= 0.6 is 11.3 Å². The largest absolute Gasteiger partial charge is 0.358 e. The van der Waals surface area contributed by atoms with Crippen molar-refractivity contribution in [3.63, 3.8) is 0 Å². The third-order valence-electron chi connectivity index (χ3n) is 3.43. The molecule has 1 saturated carbocycles. The van der Waals surface area contributed by atoms with E-state index in [1.165, 1.54) is 37.2 Å². The Hall–Kier alpha value is -1.43. The van der Waals surface area contributed by atoms with E-state index >= 15 is 0 Å². The first kappa shape index (κ1) is 13.0. The molecule has 2 rings (SSSR count). The smallest absolute Gasteiger partial charge is 0.304 e. The second-order valence-corrected chi connectivity index (χ2v) is 5.69. The molecule has 0 N–H and O–H groups in total. The first-order valence-electron chi connectivity index (χ1n) is 6.02. The van der Waals surface area contributed by atoms with Gasteiger partial charge in [-0.05, 0) is 19.8 Å². The van der Waals surface area contributed by atoms with E-state index in [1.807, 2.05) is 11.9 Å². The summed E-state index contributed by atoms with van der Waals surface area (Å²) >= 11 is 1.23. The lowest BCUT2D eigenvalue weighted by Crippen LogP contribution is -2.28. The van der Waals surface area contributed by atoms with Crippen molar-refractivity contribution >= 4 is 27.8 Å². The fraction of sp³-hybridized carbons (Fsp3) is 0.583. The lowest BCUT2D eigenvalue weighted by atomic mass is 10.2. The summed E-state index contributed by atoms with van der Waals surface area (Å²) in [6.07, 6.45) is 4.49. The summed E-state index contributed by atoms with van der Waals surface area (Å²) in [7, 11) is 1.89. The fourth-order valence-electron chi connectivity index (χ4n) is 2.39. The minimum Gasteiger partial charge on any atom is -0.358 e. The van der Waals surface area contributed by atoms with Crippen molar-refractivity contribution in [2.45, 2.75) is 38.6 Å². The number of Topliss-reactive ketones (excluding diaryl/α,β-unsaturated/α-hetero) is 1. The minimum absolute atomic E-state index is 0.0552. The predicted octanol–water partition coefficient (Wildman–Crippen LogP) is 3.24. The van der Waals surface area contributed by atoms with Gasteiger partial charge in [-0.3, -0.25) is 14.9 Å². The van der Waals surface area contributed by atoms with Gasteiger partial charge in [0, 0.05) is 19.2 Å². The van der Waals surface area contributed by atoms with Crippen molar-refractivity contribution in [3.05, 3.63) is 21.1 Å². The molecule has 0 atom stereocenters. The van der Waals surface area contributed by atoms with Gasteiger partial charge in [0.05, 0.1) is 9.80 Å². The van der Waals surface area contributed by atoms with Gasteiger partial charge in [0.25, 0.3) is 0 Å². The van der Waals surface area contributed by atoms with Crippen LogP contribution in [0, 0.1) is 10.1 Å². The van der Waals surface area contributed by atoms with Gasteiger partial charge in [-0.25, -0.2) is 0 Å². The first-order valence-corrected chi connectivity index (χ1v) is 6.84. The number of carbonyl (C=O) groups is 1. The summed E-state index contributed by atoms with van der Waals surface area (Å²) in [6, 6.07) is 1.76. The summed E-state index contributed by atoms with van der Waals surface area (Å²) < 4.78 is 0. The highest BCUT2D eigenvalue weighted by Crippen LogP contribution is 2.40. The second-order valence-electron chi connectivity index (χ2n) is 4.66. The van der Waals surface area contributed by atoms with Gasteiger partial charge < -0.3 is 4.90 Å². The lowest BCUT2D eigenvalue weighted by Gasteiger charge is -2.24. The van der Waals surface area contributed by atoms with Crippen molar-refractivity contribution in [3.8, 4) is 0 Å². The number of carbonyl (C=O) groups excluding carboxylic acids is 1. The number of anilines is 1. The molecule has 0 bridgehead atoms. The number of ketones is 1. The van der Waals surface area contributed by atoms with Gasteiger partial charge in [0.1, 0.15) is 0 Å². The monoisotopic (exact) mass is 268 g/mol. The highest BCUT2D eigenvalue weighted by atomic mass is 32.1. The van der Waals surface area contributed by atoms with Crippen LogP contribution in [0.25, 0.3) is 0 Å². The molecule has 0 saturated heterocycles. The van der Waals surface area contributed by atoms with Crippen LogP contribution in [-0.4, -0.2) is 23.8 Å². The molecule has 5 nitrogen and oxygen atoms in total. The Morgan fingerprint density at radius 1 is 1.50 bits per heavy atom. The number of hydrogen-bond donors (Lipinski definition) is 0. The van der Waals surface area contributed by atoms with E-state index in [2.05, 4.69) is 0 Å². The Balaban J connectivity index is 2.35. The average molecular weight is 268 g/mol. The van der Waals surface area contributed by atoms with Crippen LogP contribution in [0.4, 0.5) is 10.7 Å². The molecule has 0 unspecified atom stereocenters. The molecule has 0 aromatic carbocycles. The molecular formula is C12H16N2O3S. The first-order chi connectivity index (χ1) is 8.50. The van der Waals surface area contributed by atoms with Gasteiger partial charge in [0.2, 0.25) is 0 Å². The summed E-state index contributed by atoms with van der Waals surface area (Å²) in [6.45, 7) is 1.44. The summed E-state index contributed by atoms with van der Waals surface area (Å²) in [5.41, 5.74) is 0.0552. The molecule has 0 amide bonds. The van der Waals surface area contributed by atoms with E-state index in [-0.39, 0.29) is 11.5 Å². The molecule has 0 aliphatic heterocycles. The van der Waals surface area contributed by atoms with Gasteiger partial charge in [-0.1, -0.05) is 12.8 Å². The lowest BCUT2D eigenvalue weighted by molar-refractivity contribution is -0.383. The third-order valence-corrected chi connectivity index (χ3v) is 4.75. The number of nitrogens with zero attached hydrogens (tertiary/aromatic N) is 2. The molecule has 0 spiro atoms. The molecule has 98 valence electrons. The number of rotatable bonds is 4. The van der Waals surface area contributed by atoms with E-state index < -0.39 is 4.92 Å². The van der Waals surface area contributed by atoms with Crippen molar-refractivity contribution in [1.29, 1.82) is 0 Å². The predicted molar refractivity (Wildman–Crippen MR) is 71.6 cm³/mol. The maximum absolute atomic E-state index is 11.3. The maximum Gasteiger partial charge on any atom is 0.304 e. The molecule has 1 aromatic rings. The second kappa shape index (κ2) is 5.06. The molecule has 1 heterocycles. The Labute approximate surface area is 110 Å². The van der Waals surface area contributed by atoms with Crippen molar-refractivity contribution in [2.75, 3.05) is 11.9 Å². The summed E-state index contributed by atoms with van der Waals surface area (Å²) in [5.74, 6) is -0.117.